The molecule has 0 amide bonds. The Morgan fingerprint density at radius 2 is 2.00 bits per heavy atom. The zero-order valence-electron chi connectivity index (χ0n) is 14.0. The van der Waals surface area contributed by atoms with Crippen molar-refractivity contribution in [1.29, 1.82) is 0 Å². The monoisotopic (exact) mass is 406 g/mol. The lowest BCUT2D eigenvalue weighted by Gasteiger charge is -2.07. The van der Waals surface area contributed by atoms with Crippen LogP contribution in [0, 0.1) is 0 Å². The van der Waals surface area contributed by atoms with Gasteiger partial charge in [0.1, 0.15) is 0 Å². The van der Waals surface area contributed by atoms with E-state index in [9.17, 15) is 0 Å². The lowest BCUT2D eigenvalue weighted by molar-refractivity contribution is 0.186. The highest BCUT2D eigenvalue weighted by molar-refractivity contribution is 7.98. The van der Waals surface area contributed by atoms with Crippen LogP contribution < -0.4 is 0 Å². The molecule has 0 unspecified atom stereocenters. The molecule has 5 nitrogen and oxygen atoms in total. The molecule has 0 N–H and O–H groups in total. The number of fused-ring (bicyclic) bond motifs is 2. The number of para-hydroxylation sites is 2. The molecule has 0 fully saturated rings. The van der Waals surface area contributed by atoms with Crippen molar-refractivity contribution >= 4 is 51.6 Å². The van der Waals surface area contributed by atoms with Crippen molar-refractivity contribution in [2.45, 2.75) is 17.5 Å². The van der Waals surface area contributed by atoms with Gasteiger partial charge in [0, 0.05) is 31.8 Å². The molecule has 134 valence electrons. The van der Waals surface area contributed by atoms with E-state index in [2.05, 4.69) is 15.6 Å². The summed E-state index contributed by atoms with van der Waals surface area (Å²) in [6, 6.07) is 9.82. The minimum absolute atomic E-state index is 0.543. The molecule has 0 spiro atoms. The Hall–Kier alpha value is -1.73. The Labute approximate surface area is 164 Å². The molecule has 0 saturated heterocycles. The van der Waals surface area contributed by atoms with E-state index in [1.807, 2.05) is 28.8 Å². The molecule has 3 heterocycles. The standard InChI is InChI=1S/C18H16Cl2N4OS/c1-25-7-6-24-16-5-3-2-4-15(16)22-18(24)26-11-13-10-23-9-12(19)8-14(20)17(23)21-13/h2-5,8-10H,6-7,11H2,1H3. The van der Waals surface area contributed by atoms with Crippen LogP contribution in [0.15, 0.2) is 47.9 Å². The highest BCUT2D eigenvalue weighted by Gasteiger charge is 2.13. The number of hydrogen-bond acceptors (Lipinski definition) is 4. The van der Waals surface area contributed by atoms with Gasteiger partial charge in [-0.3, -0.25) is 0 Å². The number of nitrogens with zero attached hydrogens (tertiary/aromatic N) is 4. The second kappa shape index (κ2) is 7.48. The molecule has 0 bridgehead atoms. The topological polar surface area (TPSA) is 44.4 Å². The van der Waals surface area contributed by atoms with Crippen LogP contribution in [0.25, 0.3) is 16.7 Å². The Kier molecular flexibility index (Phi) is 5.09. The first-order chi connectivity index (χ1) is 12.7. The number of hydrogen-bond donors (Lipinski definition) is 0. The highest BCUT2D eigenvalue weighted by Crippen LogP contribution is 2.28. The molecule has 26 heavy (non-hydrogen) atoms. The molecule has 8 heteroatoms. The fourth-order valence-electron chi connectivity index (χ4n) is 2.85. The van der Waals surface area contributed by atoms with Crippen molar-refractivity contribution in [2.75, 3.05) is 13.7 Å². The van der Waals surface area contributed by atoms with E-state index < -0.39 is 0 Å². The maximum absolute atomic E-state index is 6.22. The van der Waals surface area contributed by atoms with Crippen LogP contribution >= 0.6 is 35.0 Å². The molecule has 4 aromatic rings. The van der Waals surface area contributed by atoms with Crippen molar-refractivity contribution < 1.29 is 4.74 Å². The molecule has 0 aliphatic carbocycles. The zero-order chi connectivity index (χ0) is 18.1. The van der Waals surface area contributed by atoms with E-state index in [1.54, 1.807) is 31.1 Å². The molecular weight excluding hydrogens is 391 g/mol. The first-order valence-electron chi connectivity index (χ1n) is 8.05. The lowest BCUT2D eigenvalue weighted by Crippen LogP contribution is -2.05. The molecule has 0 aliphatic heterocycles. The minimum atomic E-state index is 0.543. The summed E-state index contributed by atoms with van der Waals surface area (Å²) in [6.07, 6.45) is 3.75. The molecule has 1 aromatic carbocycles. The van der Waals surface area contributed by atoms with Gasteiger partial charge in [0.2, 0.25) is 0 Å². The molecular formula is C18H16Cl2N4OS. The lowest BCUT2D eigenvalue weighted by atomic mass is 10.3. The average molecular weight is 407 g/mol. The zero-order valence-corrected chi connectivity index (χ0v) is 16.4. The smallest absolute Gasteiger partial charge is 0.169 e. The number of rotatable bonds is 6. The maximum atomic E-state index is 6.22. The van der Waals surface area contributed by atoms with E-state index in [0.717, 1.165) is 28.4 Å². The summed E-state index contributed by atoms with van der Waals surface area (Å²) in [5.74, 6) is 0.686. The first-order valence-corrected chi connectivity index (χ1v) is 9.79. The third-order valence-electron chi connectivity index (χ3n) is 4.01. The van der Waals surface area contributed by atoms with E-state index in [4.69, 9.17) is 32.9 Å². The van der Waals surface area contributed by atoms with Gasteiger partial charge in [0.05, 0.1) is 33.4 Å². The first kappa shape index (κ1) is 17.7. The van der Waals surface area contributed by atoms with E-state index >= 15 is 0 Å². The van der Waals surface area contributed by atoms with Crippen LogP contribution in [0.3, 0.4) is 0 Å². The second-order valence-corrected chi connectivity index (χ2v) is 7.57. The number of methoxy groups -OCH3 is 1. The van der Waals surface area contributed by atoms with Crippen LogP contribution in [0.4, 0.5) is 0 Å². The number of imidazole rings is 2. The van der Waals surface area contributed by atoms with Gasteiger partial charge in [0.25, 0.3) is 0 Å². The van der Waals surface area contributed by atoms with Gasteiger partial charge in [0.15, 0.2) is 10.8 Å². The molecule has 0 atom stereocenters. The largest absolute Gasteiger partial charge is 0.383 e. The van der Waals surface area contributed by atoms with Crippen LogP contribution in [-0.4, -0.2) is 32.7 Å². The highest BCUT2D eigenvalue weighted by atomic mass is 35.5. The number of pyridine rings is 1. The van der Waals surface area contributed by atoms with Gasteiger partial charge in [-0.15, -0.1) is 0 Å². The van der Waals surface area contributed by atoms with Crippen molar-refractivity contribution in [3.05, 3.63) is 58.5 Å². The number of ether oxygens (including phenoxy) is 1. The van der Waals surface area contributed by atoms with Gasteiger partial charge in [-0.1, -0.05) is 47.1 Å². The Bertz CT molecular complexity index is 1080. The number of thioether (sulfide) groups is 1. The maximum Gasteiger partial charge on any atom is 0.169 e. The van der Waals surface area contributed by atoms with Crippen LogP contribution in [0.2, 0.25) is 10.0 Å². The summed E-state index contributed by atoms with van der Waals surface area (Å²) in [5.41, 5.74) is 3.72. The third kappa shape index (κ3) is 3.42. The normalized spacial score (nSPS) is 11.7. The van der Waals surface area contributed by atoms with E-state index in [-0.39, 0.29) is 0 Å². The van der Waals surface area contributed by atoms with Crippen molar-refractivity contribution in [2.24, 2.45) is 0 Å². The van der Waals surface area contributed by atoms with Gasteiger partial charge >= 0.3 is 0 Å². The van der Waals surface area contributed by atoms with Crippen LogP contribution in [-0.2, 0) is 17.0 Å². The van der Waals surface area contributed by atoms with Crippen molar-refractivity contribution in [3.8, 4) is 0 Å². The van der Waals surface area contributed by atoms with E-state index in [1.165, 1.54) is 0 Å². The summed E-state index contributed by atoms with van der Waals surface area (Å²) in [4.78, 5) is 9.36. The second-order valence-electron chi connectivity index (χ2n) is 5.79. The average Bonchev–Trinajstić information content (AvgIpc) is 3.19. The minimum Gasteiger partial charge on any atom is -0.383 e. The molecule has 0 aliphatic rings. The fraction of sp³-hybridized carbons (Fsp3) is 0.222. The summed E-state index contributed by atoms with van der Waals surface area (Å²) < 4.78 is 9.28. The van der Waals surface area contributed by atoms with Gasteiger partial charge in [-0.25, -0.2) is 9.97 Å². The molecule has 0 saturated carbocycles. The molecule has 0 radical (unpaired) electrons. The van der Waals surface area contributed by atoms with Gasteiger partial charge in [-0.05, 0) is 18.2 Å². The predicted molar refractivity (Wildman–Crippen MR) is 106 cm³/mol. The molecule has 4 rings (SSSR count). The quantitative estimate of drug-likeness (QED) is 0.425. The number of halogens is 2. The fourth-order valence-corrected chi connectivity index (χ4v) is 4.30. The number of benzene rings is 1. The van der Waals surface area contributed by atoms with Crippen LogP contribution in [0.1, 0.15) is 5.69 Å². The van der Waals surface area contributed by atoms with Gasteiger partial charge < -0.3 is 13.7 Å². The third-order valence-corrected chi connectivity index (χ3v) is 5.51. The predicted octanol–water partition coefficient (Wildman–Crippen LogP) is 4.93. The summed E-state index contributed by atoms with van der Waals surface area (Å²) in [7, 11) is 1.71. The summed E-state index contributed by atoms with van der Waals surface area (Å²) >= 11 is 13.9. The van der Waals surface area contributed by atoms with Gasteiger partial charge in [-0.2, -0.15) is 0 Å². The van der Waals surface area contributed by atoms with Crippen LogP contribution in [0.5, 0.6) is 0 Å². The van der Waals surface area contributed by atoms with Crippen molar-refractivity contribution in [3.63, 3.8) is 0 Å². The Morgan fingerprint density at radius 1 is 1.15 bits per heavy atom. The Morgan fingerprint density at radius 3 is 2.85 bits per heavy atom. The summed E-state index contributed by atoms with van der Waals surface area (Å²) in [5, 5.41) is 2.07. The van der Waals surface area contributed by atoms with Crippen molar-refractivity contribution in [1.82, 2.24) is 18.9 Å². The van der Waals surface area contributed by atoms with E-state index in [0.29, 0.717) is 28.1 Å². The SMILES string of the molecule is COCCn1c(SCc2cn3cc(Cl)cc(Cl)c3n2)nc2ccccc21. The Balaban J connectivity index is 1.62. The molecule has 3 aromatic heterocycles. The number of aromatic nitrogens is 4. The summed E-state index contributed by atoms with van der Waals surface area (Å²) in [6.45, 7) is 1.39.